The Balaban J connectivity index is 1.92. The van der Waals surface area contributed by atoms with E-state index in [4.69, 9.17) is 0 Å². The second-order valence-corrected chi connectivity index (χ2v) is 5.48. The van der Waals surface area contributed by atoms with Gasteiger partial charge in [-0.2, -0.15) is 0 Å². The molecule has 0 aromatic carbocycles. The van der Waals surface area contributed by atoms with Crippen LogP contribution in [0.1, 0.15) is 24.4 Å². The highest BCUT2D eigenvalue weighted by molar-refractivity contribution is 7.09. The van der Waals surface area contributed by atoms with Crippen molar-refractivity contribution in [3.05, 3.63) is 34.8 Å². The third-order valence-electron chi connectivity index (χ3n) is 2.47. The molecule has 0 amide bonds. The molecular weight excluding hydrogens is 232 g/mol. The monoisotopic (exact) mass is 250 g/mol. The summed E-state index contributed by atoms with van der Waals surface area (Å²) < 4.78 is 2.17. The van der Waals surface area contributed by atoms with Crippen molar-refractivity contribution < 1.29 is 0 Å². The van der Waals surface area contributed by atoms with Crippen molar-refractivity contribution in [2.45, 2.75) is 26.9 Å². The molecule has 1 N–H and O–H groups in total. The van der Waals surface area contributed by atoms with Gasteiger partial charge in [0.2, 0.25) is 0 Å². The SMILES string of the molecule is CC(C)CNCc1cncn1Cc1cncs1. The summed E-state index contributed by atoms with van der Waals surface area (Å²) in [5.41, 5.74) is 3.09. The van der Waals surface area contributed by atoms with Crippen LogP contribution in [0.4, 0.5) is 0 Å². The fourth-order valence-corrected chi connectivity index (χ4v) is 2.21. The summed E-state index contributed by atoms with van der Waals surface area (Å²) in [5.74, 6) is 0.674. The summed E-state index contributed by atoms with van der Waals surface area (Å²) in [4.78, 5) is 9.55. The molecule has 17 heavy (non-hydrogen) atoms. The number of nitrogens with one attached hydrogen (secondary N) is 1. The highest BCUT2D eigenvalue weighted by atomic mass is 32.1. The van der Waals surface area contributed by atoms with Gasteiger partial charge in [-0.25, -0.2) is 4.98 Å². The molecule has 4 nitrogen and oxygen atoms in total. The quantitative estimate of drug-likeness (QED) is 0.854. The third kappa shape index (κ3) is 3.64. The maximum Gasteiger partial charge on any atom is 0.0952 e. The van der Waals surface area contributed by atoms with Gasteiger partial charge in [-0.15, -0.1) is 11.3 Å². The van der Waals surface area contributed by atoms with E-state index in [1.165, 1.54) is 10.6 Å². The summed E-state index contributed by atoms with van der Waals surface area (Å²) >= 11 is 1.68. The van der Waals surface area contributed by atoms with Gasteiger partial charge in [0.05, 0.1) is 24.1 Å². The standard InChI is InChI=1S/C12H18N4S/c1-10(2)3-13-4-11-5-14-8-16(11)7-12-6-15-9-17-12/h5-6,8-10,13H,3-4,7H2,1-2H3. The van der Waals surface area contributed by atoms with Crippen molar-refractivity contribution in [3.63, 3.8) is 0 Å². The zero-order chi connectivity index (χ0) is 12.1. The van der Waals surface area contributed by atoms with E-state index in [0.717, 1.165) is 19.6 Å². The molecule has 0 atom stereocenters. The summed E-state index contributed by atoms with van der Waals surface area (Å²) in [6.45, 7) is 7.19. The van der Waals surface area contributed by atoms with Crippen LogP contribution in [0, 0.1) is 5.92 Å². The fraction of sp³-hybridized carbons (Fsp3) is 0.500. The van der Waals surface area contributed by atoms with Gasteiger partial charge in [-0.3, -0.25) is 4.98 Å². The van der Waals surface area contributed by atoms with Gasteiger partial charge in [-0.05, 0) is 12.5 Å². The average Bonchev–Trinajstić information content (AvgIpc) is 2.91. The summed E-state index contributed by atoms with van der Waals surface area (Å²) in [6, 6.07) is 0. The van der Waals surface area contributed by atoms with Crippen molar-refractivity contribution >= 4 is 11.3 Å². The van der Waals surface area contributed by atoms with Crippen LogP contribution in [-0.4, -0.2) is 21.1 Å². The first kappa shape index (κ1) is 12.3. The molecule has 2 aromatic rings. The second kappa shape index (κ2) is 5.93. The van der Waals surface area contributed by atoms with Gasteiger partial charge in [0.1, 0.15) is 0 Å². The van der Waals surface area contributed by atoms with Crippen LogP contribution in [0.2, 0.25) is 0 Å². The molecule has 0 unspecified atom stereocenters. The largest absolute Gasteiger partial charge is 0.328 e. The van der Waals surface area contributed by atoms with Gasteiger partial charge in [-0.1, -0.05) is 13.8 Å². The lowest BCUT2D eigenvalue weighted by molar-refractivity contribution is 0.539. The molecule has 0 aliphatic heterocycles. The Labute approximate surface area is 106 Å². The smallest absolute Gasteiger partial charge is 0.0952 e. The first-order chi connectivity index (χ1) is 8.25. The lowest BCUT2D eigenvalue weighted by Crippen LogP contribution is -2.20. The van der Waals surface area contributed by atoms with Gasteiger partial charge in [0.25, 0.3) is 0 Å². The number of nitrogens with zero attached hydrogens (tertiary/aromatic N) is 3. The molecule has 5 heteroatoms. The van der Waals surface area contributed by atoms with E-state index < -0.39 is 0 Å². The summed E-state index contributed by atoms with van der Waals surface area (Å²) in [5, 5.41) is 3.43. The van der Waals surface area contributed by atoms with E-state index in [-0.39, 0.29) is 0 Å². The van der Waals surface area contributed by atoms with E-state index in [1.807, 2.05) is 24.2 Å². The minimum atomic E-state index is 0.674. The number of thiazole rings is 1. The Morgan fingerprint density at radius 2 is 2.24 bits per heavy atom. The van der Waals surface area contributed by atoms with Crippen LogP contribution in [-0.2, 0) is 13.1 Å². The van der Waals surface area contributed by atoms with Crippen LogP contribution >= 0.6 is 11.3 Å². The molecule has 0 bridgehead atoms. The molecule has 2 aromatic heterocycles. The van der Waals surface area contributed by atoms with E-state index >= 15 is 0 Å². The zero-order valence-corrected chi connectivity index (χ0v) is 11.1. The van der Waals surface area contributed by atoms with Crippen molar-refractivity contribution in [1.82, 2.24) is 19.9 Å². The maximum atomic E-state index is 4.21. The van der Waals surface area contributed by atoms with Crippen molar-refractivity contribution in [1.29, 1.82) is 0 Å². The van der Waals surface area contributed by atoms with Crippen LogP contribution in [0.15, 0.2) is 24.2 Å². The maximum absolute atomic E-state index is 4.21. The zero-order valence-electron chi connectivity index (χ0n) is 10.3. The van der Waals surface area contributed by atoms with Crippen molar-refractivity contribution in [2.24, 2.45) is 5.92 Å². The molecule has 2 heterocycles. The first-order valence-electron chi connectivity index (χ1n) is 5.83. The Kier molecular flexibility index (Phi) is 4.28. The lowest BCUT2D eigenvalue weighted by Gasteiger charge is -2.09. The molecule has 2 rings (SSSR count). The lowest BCUT2D eigenvalue weighted by atomic mass is 10.2. The Morgan fingerprint density at radius 1 is 1.35 bits per heavy atom. The normalized spacial score (nSPS) is 11.2. The van der Waals surface area contributed by atoms with E-state index in [2.05, 4.69) is 33.7 Å². The Hall–Kier alpha value is -1.20. The molecule has 0 spiro atoms. The van der Waals surface area contributed by atoms with Crippen molar-refractivity contribution in [3.8, 4) is 0 Å². The number of rotatable bonds is 6. The fourth-order valence-electron chi connectivity index (χ4n) is 1.61. The number of hydrogen-bond donors (Lipinski definition) is 1. The summed E-state index contributed by atoms with van der Waals surface area (Å²) in [7, 11) is 0. The topological polar surface area (TPSA) is 42.7 Å². The molecule has 0 fully saturated rings. The van der Waals surface area contributed by atoms with E-state index in [1.54, 1.807) is 11.3 Å². The number of aromatic nitrogens is 3. The van der Waals surface area contributed by atoms with Crippen LogP contribution < -0.4 is 5.32 Å². The van der Waals surface area contributed by atoms with E-state index in [9.17, 15) is 0 Å². The highest BCUT2D eigenvalue weighted by Gasteiger charge is 2.04. The van der Waals surface area contributed by atoms with Gasteiger partial charge in [0, 0.05) is 23.8 Å². The number of imidazole rings is 1. The van der Waals surface area contributed by atoms with Crippen LogP contribution in [0.3, 0.4) is 0 Å². The number of hydrogen-bond acceptors (Lipinski definition) is 4. The molecule has 0 saturated heterocycles. The van der Waals surface area contributed by atoms with Gasteiger partial charge in [0.15, 0.2) is 0 Å². The summed E-state index contributed by atoms with van der Waals surface area (Å²) in [6.07, 6.45) is 5.72. The Bertz CT molecular complexity index is 433. The van der Waals surface area contributed by atoms with Gasteiger partial charge >= 0.3 is 0 Å². The first-order valence-corrected chi connectivity index (χ1v) is 6.70. The molecule has 0 aliphatic rings. The molecule has 0 radical (unpaired) electrons. The minimum Gasteiger partial charge on any atom is -0.328 e. The van der Waals surface area contributed by atoms with Crippen molar-refractivity contribution in [2.75, 3.05) is 6.54 Å². The third-order valence-corrected chi connectivity index (χ3v) is 3.23. The highest BCUT2D eigenvalue weighted by Crippen LogP contribution is 2.10. The predicted molar refractivity (Wildman–Crippen MR) is 70.0 cm³/mol. The predicted octanol–water partition coefficient (Wildman–Crippen LogP) is 2.13. The Morgan fingerprint density at radius 3 is 2.94 bits per heavy atom. The van der Waals surface area contributed by atoms with Crippen LogP contribution in [0.25, 0.3) is 0 Å². The molecule has 92 valence electrons. The minimum absolute atomic E-state index is 0.674. The molecule has 0 aliphatic carbocycles. The second-order valence-electron chi connectivity index (χ2n) is 4.51. The van der Waals surface area contributed by atoms with Gasteiger partial charge < -0.3 is 9.88 Å². The average molecular weight is 250 g/mol. The molecule has 0 saturated carbocycles. The van der Waals surface area contributed by atoms with E-state index in [0.29, 0.717) is 5.92 Å². The molecular formula is C12H18N4S. The van der Waals surface area contributed by atoms with Crippen LogP contribution in [0.5, 0.6) is 0 Å².